The molecule has 0 fully saturated rings. The van der Waals surface area contributed by atoms with Gasteiger partial charge in [-0.2, -0.15) is 0 Å². The monoisotopic (exact) mass is 414 g/mol. The fourth-order valence-corrected chi connectivity index (χ4v) is 6.88. The topological polar surface area (TPSA) is 77.5 Å². The first-order valence-corrected chi connectivity index (χ1v) is 11.6. The number of ketones is 2. The number of allylic oxidation sites excluding steroid dienone is 2. The van der Waals surface area contributed by atoms with Crippen molar-refractivity contribution < 1.29 is 22.7 Å². The third kappa shape index (κ3) is 3.10. The lowest BCUT2D eigenvalue weighted by Gasteiger charge is -2.19. The Bertz CT molecular complexity index is 918. The van der Waals surface area contributed by atoms with Crippen molar-refractivity contribution in [2.24, 2.45) is 0 Å². The van der Waals surface area contributed by atoms with Crippen LogP contribution in [-0.4, -0.2) is 37.4 Å². The average molecular weight is 415 g/mol. The minimum absolute atomic E-state index is 0.0437. The second-order valence-corrected chi connectivity index (χ2v) is 9.97. The Labute approximate surface area is 162 Å². The molecule has 1 aromatic carbocycles. The lowest BCUT2D eigenvalue weighted by molar-refractivity contribution is -0.116. The highest BCUT2D eigenvalue weighted by Crippen LogP contribution is 2.41. The number of rotatable bonds is 5. The predicted molar refractivity (Wildman–Crippen MR) is 101 cm³/mol. The van der Waals surface area contributed by atoms with Gasteiger partial charge in [0.25, 0.3) is 0 Å². The smallest absolute Gasteiger partial charge is 0.201 e. The van der Waals surface area contributed by atoms with Gasteiger partial charge in [0.1, 0.15) is 15.9 Å². The number of halogens is 1. The van der Waals surface area contributed by atoms with Gasteiger partial charge in [0, 0.05) is 24.8 Å². The second-order valence-electron chi connectivity index (χ2n) is 6.16. The molecule has 0 bridgehead atoms. The van der Waals surface area contributed by atoms with E-state index in [1.807, 2.05) is 0 Å². The van der Waals surface area contributed by atoms with E-state index in [2.05, 4.69) is 0 Å². The molecule has 1 aliphatic carbocycles. The minimum atomic E-state index is -3.45. The van der Waals surface area contributed by atoms with Gasteiger partial charge in [0.15, 0.2) is 15.6 Å². The largest absolute Gasteiger partial charge is 0.497 e. The summed E-state index contributed by atoms with van der Waals surface area (Å²) in [5, 5.41) is 0.120. The third-order valence-electron chi connectivity index (χ3n) is 4.64. The number of ether oxygens (including phenoxy) is 1. The Hall–Kier alpha value is -1.31. The number of benzene rings is 1. The molecule has 0 radical (unpaired) electrons. The number of fused-ring (bicyclic) bond motifs is 1. The van der Waals surface area contributed by atoms with Gasteiger partial charge in [-0.15, -0.1) is 11.8 Å². The van der Waals surface area contributed by atoms with E-state index in [0.717, 1.165) is 0 Å². The van der Waals surface area contributed by atoms with E-state index in [4.69, 9.17) is 16.3 Å². The number of sulfone groups is 1. The van der Waals surface area contributed by atoms with Crippen molar-refractivity contribution in [3.8, 4) is 0 Å². The molecule has 1 heterocycles. The van der Waals surface area contributed by atoms with Gasteiger partial charge < -0.3 is 4.74 Å². The molecule has 0 saturated carbocycles. The maximum atomic E-state index is 13.0. The Morgan fingerprint density at radius 2 is 2.08 bits per heavy atom. The molecule has 1 atom stereocenters. The molecule has 26 heavy (non-hydrogen) atoms. The summed E-state index contributed by atoms with van der Waals surface area (Å²) in [7, 11) is -3.45. The fourth-order valence-electron chi connectivity index (χ4n) is 3.39. The summed E-state index contributed by atoms with van der Waals surface area (Å²) in [5.74, 6) is -0.341. The number of carbonyl (C=O) groups excluding carboxylic acids is 2. The average Bonchev–Trinajstić information content (AvgIpc) is 2.86. The summed E-state index contributed by atoms with van der Waals surface area (Å²) < 4.78 is 29.9. The van der Waals surface area contributed by atoms with Crippen LogP contribution < -0.4 is 0 Å². The van der Waals surface area contributed by atoms with E-state index in [-0.39, 0.29) is 33.3 Å². The molecule has 0 aromatic heterocycles. The highest BCUT2D eigenvalue weighted by atomic mass is 35.5. The summed E-state index contributed by atoms with van der Waals surface area (Å²) in [5.41, 5.74) is 0.658. The molecule has 1 unspecified atom stereocenters. The first-order valence-electron chi connectivity index (χ1n) is 8.34. The van der Waals surface area contributed by atoms with Crippen molar-refractivity contribution in [1.82, 2.24) is 0 Å². The maximum Gasteiger partial charge on any atom is 0.201 e. The van der Waals surface area contributed by atoms with Gasteiger partial charge in [-0.3, -0.25) is 9.59 Å². The van der Waals surface area contributed by atoms with Crippen LogP contribution in [0.4, 0.5) is 0 Å². The van der Waals surface area contributed by atoms with E-state index >= 15 is 0 Å². The molecule has 1 aromatic rings. The molecule has 2 aliphatic rings. The van der Waals surface area contributed by atoms with Gasteiger partial charge in [-0.05, 0) is 37.3 Å². The standard InChI is InChI=1S/C18H19ClO5S2/c1-3-24-13-6-4-5-12(20)16(13)18(21)10-7-8-14-11(17(10)19)9-15(25-2)26(14,22)23/h7-8,15H,3-6,9H2,1-2H3. The summed E-state index contributed by atoms with van der Waals surface area (Å²) in [6, 6.07) is 2.83. The van der Waals surface area contributed by atoms with Gasteiger partial charge >= 0.3 is 0 Å². The number of hydrogen-bond donors (Lipinski definition) is 0. The molecule has 0 saturated heterocycles. The van der Waals surface area contributed by atoms with Crippen molar-refractivity contribution >= 4 is 44.8 Å². The molecule has 5 nitrogen and oxygen atoms in total. The Morgan fingerprint density at radius 3 is 2.73 bits per heavy atom. The van der Waals surface area contributed by atoms with Crippen LogP contribution in [0.2, 0.25) is 5.02 Å². The van der Waals surface area contributed by atoms with Crippen molar-refractivity contribution in [2.75, 3.05) is 12.9 Å². The quantitative estimate of drug-likeness (QED) is 0.541. The Kier molecular flexibility index (Phi) is 5.51. The molecule has 8 heteroatoms. The van der Waals surface area contributed by atoms with Gasteiger partial charge in [-0.25, -0.2) is 8.42 Å². The van der Waals surface area contributed by atoms with E-state index in [1.54, 1.807) is 13.2 Å². The summed E-state index contributed by atoms with van der Waals surface area (Å²) in [4.78, 5) is 25.5. The van der Waals surface area contributed by atoms with Crippen LogP contribution in [0.1, 0.15) is 42.1 Å². The van der Waals surface area contributed by atoms with E-state index in [0.29, 0.717) is 37.2 Å². The van der Waals surface area contributed by atoms with Crippen molar-refractivity contribution in [3.05, 3.63) is 39.6 Å². The first kappa shape index (κ1) is 19.5. The predicted octanol–water partition coefficient (Wildman–Crippen LogP) is 3.59. The summed E-state index contributed by atoms with van der Waals surface area (Å²) in [6.07, 6.45) is 3.46. The van der Waals surface area contributed by atoms with Gasteiger partial charge in [-0.1, -0.05) is 11.6 Å². The Balaban J connectivity index is 2.09. The highest BCUT2D eigenvalue weighted by Gasteiger charge is 2.39. The van der Waals surface area contributed by atoms with Crippen LogP contribution in [0.3, 0.4) is 0 Å². The van der Waals surface area contributed by atoms with Crippen LogP contribution in [0, 0.1) is 0 Å². The van der Waals surface area contributed by atoms with Crippen LogP contribution in [0.15, 0.2) is 28.4 Å². The van der Waals surface area contributed by atoms with Crippen LogP contribution >= 0.6 is 23.4 Å². The van der Waals surface area contributed by atoms with Gasteiger partial charge in [0.05, 0.1) is 16.5 Å². The molecule has 3 rings (SSSR count). The van der Waals surface area contributed by atoms with E-state index < -0.39 is 20.2 Å². The van der Waals surface area contributed by atoms with Crippen LogP contribution in [0.5, 0.6) is 0 Å². The molecular formula is C18H19ClO5S2. The normalized spacial score (nSPS) is 21.7. The third-order valence-corrected chi connectivity index (χ3v) is 8.96. The maximum absolute atomic E-state index is 13.0. The number of thioether (sulfide) groups is 1. The van der Waals surface area contributed by atoms with Crippen molar-refractivity contribution in [3.63, 3.8) is 0 Å². The zero-order valence-electron chi connectivity index (χ0n) is 14.5. The molecular weight excluding hydrogens is 396 g/mol. The molecule has 140 valence electrons. The van der Waals surface area contributed by atoms with Crippen molar-refractivity contribution in [1.29, 1.82) is 0 Å². The summed E-state index contributed by atoms with van der Waals surface area (Å²) >= 11 is 7.66. The highest BCUT2D eigenvalue weighted by molar-refractivity contribution is 8.13. The SMILES string of the molecule is CCOC1=C(C(=O)c2ccc3c(c2Cl)CC(SC)S3(=O)=O)C(=O)CCC1. The lowest BCUT2D eigenvalue weighted by atomic mass is 9.89. The number of Topliss-reactive ketones (excluding diaryl/α,β-unsaturated/α-hetero) is 2. The minimum Gasteiger partial charge on any atom is -0.497 e. The molecule has 1 aliphatic heterocycles. The van der Waals surface area contributed by atoms with E-state index in [9.17, 15) is 18.0 Å². The lowest BCUT2D eigenvalue weighted by Crippen LogP contribution is -2.21. The fraction of sp³-hybridized carbons (Fsp3) is 0.444. The summed E-state index contributed by atoms with van der Waals surface area (Å²) in [6.45, 7) is 2.16. The number of carbonyl (C=O) groups is 2. The van der Waals surface area contributed by atoms with Crippen molar-refractivity contribution in [2.45, 2.75) is 42.1 Å². The zero-order valence-corrected chi connectivity index (χ0v) is 16.9. The Morgan fingerprint density at radius 1 is 1.35 bits per heavy atom. The number of hydrogen-bond acceptors (Lipinski definition) is 6. The second kappa shape index (κ2) is 7.37. The molecule has 0 amide bonds. The van der Waals surface area contributed by atoms with E-state index in [1.165, 1.54) is 23.9 Å². The van der Waals surface area contributed by atoms with Crippen LogP contribution in [-0.2, 0) is 25.8 Å². The molecule has 0 spiro atoms. The zero-order chi connectivity index (χ0) is 19.1. The first-order chi connectivity index (χ1) is 12.3. The van der Waals surface area contributed by atoms with Crippen LogP contribution in [0.25, 0.3) is 0 Å². The van der Waals surface area contributed by atoms with Gasteiger partial charge in [0.2, 0.25) is 5.78 Å². The molecule has 0 N–H and O–H groups in total.